The number of halogens is 2. The van der Waals surface area contributed by atoms with Crippen molar-refractivity contribution < 1.29 is 13.6 Å². The first-order valence-corrected chi connectivity index (χ1v) is 4.56. The molecule has 0 saturated carbocycles. The van der Waals surface area contributed by atoms with Gasteiger partial charge in [0.15, 0.2) is 0 Å². The molecule has 0 aliphatic carbocycles. The largest absolute Gasteiger partial charge is 0.296 e. The summed E-state index contributed by atoms with van der Waals surface area (Å²) in [7, 11) is 0. The molecule has 0 amide bonds. The van der Waals surface area contributed by atoms with Gasteiger partial charge in [0.2, 0.25) is 5.78 Å². The van der Waals surface area contributed by atoms with Crippen LogP contribution in [0.4, 0.5) is 8.78 Å². The number of carbonyl (C=O) groups is 1. The molecule has 0 saturated heterocycles. The van der Waals surface area contributed by atoms with Crippen molar-refractivity contribution in [1.29, 1.82) is 0 Å². The van der Waals surface area contributed by atoms with E-state index < -0.39 is 12.2 Å². The van der Waals surface area contributed by atoms with E-state index in [1.165, 1.54) is 11.3 Å². The highest BCUT2D eigenvalue weighted by atomic mass is 32.1. The summed E-state index contributed by atoms with van der Waals surface area (Å²) in [5.74, 6) is -1.06. The van der Waals surface area contributed by atoms with Gasteiger partial charge in [0.1, 0.15) is 5.01 Å². The molecule has 1 aromatic heterocycles. The first-order chi connectivity index (χ1) is 6.00. The Hall–Kier alpha value is -0.840. The number of aryl methyl sites for hydroxylation is 2. The van der Waals surface area contributed by atoms with Crippen LogP contribution in [0, 0.1) is 13.8 Å². The average Bonchev–Trinajstić information content (AvgIpc) is 2.31. The zero-order valence-corrected chi connectivity index (χ0v) is 8.12. The van der Waals surface area contributed by atoms with Gasteiger partial charge in [0.05, 0.1) is 12.1 Å². The number of carbonyl (C=O) groups excluding carboxylic acids is 1. The van der Waals surface area contributed by atoms with Gasteiger partial charge in [0.25, 0.3) is 6.43 Å². The minimum absolute atomic E-state index is 0.253. The normalized spacial score (nSPS) is 10.8. The molecule has 0 N–H and O–H groups in total. The van der Waals surface area contributed by atoms with Gasteiger partial charge < -0.3 is 0 Å². The molecule has 2 nitrogen and oxygen atoms in total. The fraction of sp³-hybridized carbons (Fsp3) is 0.500. The van der Waals surface area contributed by atoms with Crippen molar-refractivity contribution in [3.63, 3.8) is 0 Å². The number of hydrogen-bond acceptors (Lipinski definition) is 3. The molecule has 1 rings (SSSR count). The summed E-state index contributed by atoms with van der Waals surface area (Å²) in [4.78, 5) is 15.6. The van der Waals surface area contributed by atoms with Crippen LogP contribution < -0.4 is 0 Å². The second-order valence-corrected chi connectivity index (χ2v) is 3.98. The Kier molecular flexibility index (Phi) is 3.08. The van der Waals surface area contributed by atoms with E-state index in [0.29, 0.717) is 5.01 Å². The van der Waals surface area contributed by atoms with Crippen LogP contribution in [0.5, 0.6) is 0 Å². The predicted molar refractivity (Wildman–Crippen MR) is 46.3 cm³/mol. The van der Waals surface area contributed by atoms with Crippen molar-refractivity contribution >= 4 is 17.1 Å². The van der Waals surface area contributed by atoms with E-state index in [9.17, 15) is 13.6 Å². The third-order valence-electron chi connectivity index (χ3n) is 1.64. The highest BCUT2D eigenvalue weighted by molar-refractivity contribution is 7.11. The van der Waals surface area contributed by atoms with Gasteiger partial charge in [-0.3, -0.25) is 4.79 Å². The number of hydrogen-bond donors (Lipinski definition) is 0. The maximum absolute atomic E-state index is 11.8. The summed E-state index contributed by atoms with van der Waals surface area (Å²) in [6.45, 7) is 3.64. The van der Waals surface area contributed by atoms with Crippen LogP contribution in [0.25, 0.3) is 0 Å². The molecule has 0 radical (unpaired) electrons. The highest BCUT2D eigenvalue weighted by Gasteiger charge is 2.17. The standard InChI is InChI=1S/C8H9F2NOS/c1-4-5(2)13-7(11-4)3-6(12)8(9)10/h8H,3H2,1-2H3. The monoisotopic (exact) mass is 205 g/mol. The van der Waals surface area contributed by atoms with Gasteiger partial charge >= 0.3 is 0 Å². The van der Waals surface area contributed by atoms with Crippen LogP contribution in [0.2, 0.25) is 0 Å². The minimum Gasteiger partial charge on any atom is -0.293 e. The molecule has 0 aliphatic rings. The maximum atomic E-state index is 11.8. The number of ketones is 1. The lowest BCUT2D eigenvalue weighted by atomic mass is 10.3. The smallest absolute Gasteiger partial charge is 0.293 e. The average molecular weight is 205 g/mol. The lowest BCUT2D eigenvalue weighted by Gasteiger charge is -1.93. The molecule has 0 bridgehead atoms. The lowest BCUT2D eigenvalue weighted by molar-refractivity contribution is -0.128. The number of aromatic nitrogens is 1. The second kappa shape index (κ2) is 3.91. The molecule has 0 aromatic carbocycles. The fourth-order valence-electron chi connectivity index (χ4n) is 0.841. The van der Waals surface area contributed by atoms with Crippen LogP contribution in [-0.4, -0.2) is 17.2 Å². The van der Waals surface area contributed by atoms with Crippen LogP contribution in [0.15, 0.2) is 0 Å². The van der Waals surface area contributed by atoms with Crippen LogP contribution in [0.1, 0.15) is 15.6 Å². The summed E-state index contributed by atoms with van der Waals surface area (Å²) in [6, 6.07) is 0. The van der Waals surface area contributed by atoms with E-state index in [0.717, 1.165) is 10.6 Å². The Labute approximate surface area is 78.6 Å². The Morgan fingerprint density at radius 2 is 2.15 bits per heavy atom. The molecule has 0 spiro atoms. The third-order valence-corrected chi connectivity index (χ3v) is 2.71. The molecule has 72 valence electrons. The molecular weight excluding hydrogens is 196 g/mol. The number of nitrogens with zero attached hydrogens (tertiary/aromatic N) is 1. The SMILES string of the molecule is Cc1nc(CC(=O)C(F)F)sc1C. The summed E-state index contributed by atoms with van der Waals surface area (Å²) in [6.07, 6.45) is -3.14. The molecule has 13 heavy (non-hydrogen) atoms. The molecule has 0 fully saturated rings. The first-order valence-electron chi connectivity index (χ1n) is 3.74. The Bertz CT molecular complexity index is 302. The van der Waals surface area contributed by atoms with E-state index in [1.54, 1.807) is 6.92 Å². The Morgan fingerprint density at radius 1 is 1.54 bits per heavy atom. The third kappa shape index (κ3) is 2.55. The van der Waals surface area contributed by atoms with E-state index >= 15 is 0 Å². The van der Waals surface area contributed by atoms with Crippen LogP contribution in [-0.2, 0) is 11.2 Å². The van der Waals surface area contributed by atoms with Gasteiger partial charge in [0, 0.05) is 4.88 Å². The fourth-order valence-corrected chi connectivity index (χ4v) is 1.78. The molecule has 0 unspecified atom stereocenters. The minimum atomic E-state index is -2.88. The van der Waals surface area contributed by atoms with Crippen LogP contribution >= 0.6 is 11.3 Å². The van der Waals surface area contributed by atoms with Crippen molar-refractivity contribution in [2.75, 3.05) is 0 Å². The van der Waals surface area contributed by atoms with Gasteiger partial charge in [-0.2, -0.15) is 0 Å². The van der Waals surface area contributed by atoms with Crippen molar-refractivity contribution in [2.24, 2.45) is 0 Å². The summed E-state index contributed by atoms with van der Waals surface area (Å²) < 4.78 is 23.7. The Morgan fingerprint density at radius 3 is 2.54 bits per heavy atom. The first kappa shape index (κ1) is 10.2. The van der Waals surface area contributed by atoms with Crippen LogP contribution in [0.3, 0.4) is 0 Å². The maximum Gasteiger partial charge on any atom is 0.296 e. The zero-order valence-electron chi connectivity index (χ0n) is 7.30. The zero-order chi connectivity index (χ0) is 10.0. The number of rotatable bonds is 3. The quantitative estimate of drug-likeness (QED) is 0.756. The molecular formula is C8H9F2NOS. The number of alkyl halides is 2. The second-order valence-electron chi connectivity index (χ2n) is 2.69. The molecule has 0 aliphatic heterocycles. The molecule has 1 heterocycles. The predicted octanol–water partition coefficient (Wildman–Crippen LogP) is 2.14. The van der Waals surface area contributed by atoms with Crippen molar-refractivity contribution in [3.8, 4) is 0 Å². The van der Waals surface area contributed by atoms with Gasteiger partial charge in [-0.15, -0.1) is 11.3 Å². The lowest BCUT2D eigenvalue weighted by Crippen LogP contribution is -2.12. The van der Waals surface area contributed by atoms with Gasteiger partial charge in [-0.25, -0.2) is 13.8 Å². The molecule has 5 heteroatoms. The van der Waals surface area contributed by atoms with E-state index in [1.807, 2.05) is 6.92 Å². The highest BCUT2D eigenvalue weighted by Crippen LogP contribution is 2.17. The summed E-state index contributed by atoms with van der Waals surface area (Å²) in [5.41, 5.74) is 0.807. The molecule has 1 aromatic rings. The molecule has 0 atom stereocenters. The number of Topliss-reactive ketones (excluding diaryl/α,β-unsaturated/α-hetero) is 1. The van der Waals surface area contributed by atoms with Crippen molar-refractivity contribution in [2.45, 2.75) is 26.7 Å². The van der Waals surface area contributed by atoms with Gasteiger partial charge in [-0.1, -0.05) is 0 Å². The van der Waals surface area contributed by atoms with E-state index in [4.69, 9.17) is 0 Å². The Balaban J connectivity index is 2.70. The van der Waals surface area contributed by atoms with Crippen molar-refractivity contribution in [3.05, 3.63) is 15.6 Å². The summed E-state index contributed by atoms with van der Waals surface area (Å²) in [5, 5.41) is 0.473. The van der Waals surface area contributed by atoms with E-state index in [-0.39, 0.29) is 6.42 Å². The summed E-state index contributed by atoms with van der Waals surface area (Å²) >= 11 is 1.29. The van der Waals surface area contributed by atoms with Gasteiger partial charge in [-0.05, 0) is 13.8 Å². The van der Waals surface area contributed by atoms with E-state index in [2.05, 4.69) is 4.98 Å². The van der Waals surface area contributed by atoms with Crippen molar-refractivity contribution in [1.82, 2.24) is 4.98 Å². The number of thiazole rings is 1. The topological polar surface area (TPSA) is 30.0 Å².